The van der Waals surface area contributed by atoms with E-state index in [0.29, 0.717) is 0 Å². The van der Waals surface area contributed by atoms with Crippen LogP contribution in [0.3, 0.4) is 0 Å². The highest BCUT2D eigenvalue weighted by atomic mass is 28.3. The molecule has 304 valence electrons. The molecule has 0 radical (unpaired) electrons. The zero-order valence-electron chi connectivity index (χ0n) is 35.8. The first-order chi connectivity index (χ1) is 30.8. The van der Waals surface area contributed by atoms with Gasteiger partial charge in [-0.25, -0.2) is 0 Å². The van der Waals surface area contributed by atoms with Gasteiger partial charge in [0, 0.05) is 39.7 Å². The smallest absolute Gasteiger partial charge is 0.181 e. The summed E-state index contributed by atoms with van der Waals surface area (Å²) in [6, 6.07) is 75.2. The molecule has 0 aliphatic carbocycles. The first-order valence-electron chi connectivity index (χ1n) is 21.7. The van der Waals surface area contributed by atoms with Gasteiger partial charge in [0.25, 0.3) is 0 Å². The van der Waals surface area contributed by atoms with Crippen LogP contribution >= 0.6 is 0 Å². The number of para-hydroxylation sites is 2. The molecule has 9 aromatic rings. The van der Waals surface area contributed by atoms with E-state index in [1.165, 1.54) is 48.6 Å². The van der Waals surface area contributed by atoms with Crippen molar-refractivity contribution in [2.24, 2.45) is 0 Å². The number of aryl methyl sites for hydroxylation is 4. The van der Waals surface area contributed by atoms with Gasteiger partial charge in [0.1, 0.15) is 0 Å². The Morgan fingerprint density at radius 2 is 0.762 bits per heavy atom. The maximum atomic E-state index is 6.86. The predicted octanol–water partition coefficient (Wildman–Crippen LogP) is 13.1. The molecule has 0 saturated heterocycles. The summed E-state index contributed by atoms with van der Waals surface area (Å²) in [5.41, 5.74) is 13.9. The summed E-state index contributed by atoms with van der Waals surface area (Å²) in [5, 5.41) is 5.21. The fraction of sp³-hybridized carbons (Fsp3) is 0.0690. The van der Waals surface area contributed by atoms with Crippen LogP contribution in [-0.4, -0.2) is 8.07 Å². The van der Waals surface area contributed by atoms with E-state index in [-0.39, 0.29) is 0 Å². The van der Waals surface area contributed by atoms with Gasteiger partial charge in [-0.05, 0) is 167 Å². The first-order valence-corrected chi connectivity index (χ1v) is 23.7. The molecule has 0 N–H and O–H groups in total. The lowest BCUT2D eigenvalue weighted by Crippen LogP contribution is -2.72. The summed E-state index contributed by atoms with van der Waals surface area (Å²) >= 11 is 0. The van der Waals surface area contributed by atoms with Crippen molar-refractivity contribution < 1.29 is 9.47 Å². The van der Waals surface area contributed by atoms with Crippen LogP contribution in [0.5, 0.6) is 23.0 Å². The second kappa shape index (κ2) is 15.4. The number of benzene rings is 9. The second-order valence-corrected chi connectivity index (χ2v) is 20.6. The van der Waals surface area contributed by atoms with Crippen LogP contribution in [0, 0.1) is 27.7 Å². The highest BCUT2D eigenvalue weighted by Gasteiger charge is 2.50. The largest absolute Gasteiger partial charge is 0.449 e. The Morgan fingerprint density at radius 3 is 1.22 bits per heavy atom. The molecule has 0 spiro atoms. The van der Waals surface area contributed by atoms with Crippen molar-refractivity contribution in [3.63, 3.8) is 0 Å². The van der Waals surface area contributed by atoms with Gasteiger partial charge in [-0.1, -0.05) is 115 Å². The number of fused-ring (bicyclic) bond motifs is 6. The van der Waals surface area contributed by atoms with E-state index in [4.69, 9.17) is 9.47 Å². The number of nitrogens with zero attached hydrogens (tertiary/aromatic N) is 2. The number of ether oxygens (including phenoxy) is 2. The molecule has 0 atom stereocenters. The molecule has 0 saturated carbocycles. The van der Waals surface area contributed by atoms with Crippen LogP contribution in [0.15, 0.2) is 206 Å². The van der Waals surface area contributed by atoms with E-state index in [1.807, 2.05) is 24.3 Å². The molecular formula is C58H46N2O2Si. The second-order valence-electron chi connectivity index (χ2n) is 16.9. The van der Waals surface area contributed by atoms with Crippen molar-refractivity contribution in [2.75, 3.05) is 9.80 Å². The minimum Gasteiger partial charge on any atom is -0.449 e. The van der Waals surface area contributed by atoms with E-state index in [0.717, 1.165) is 62.7 Å². The Labute approximate surface area is 370 Å². The number of hydrogen-bond acceptors (Lipinski definition) is 4. The average molecular weight is 831 g/mol. The molecule has 63 heavy (non-hydrogen) atoms. The lowest BCUT2D eigenvalue weighted by atomic mass is 10.0. The highest BCUT2D eigenvalue weighted by molar-refractivity contribution is 7.22. The third-order valence-electron chi connectivity index (χ3n) is 12.6. The van der Waals surface area contributed by atoms with Crippen molar-refractivity contribution in [1.29, 1.82) is 0 Å². The number of anilines is 6. The summed E-state index contributed by atoms with van der Waals surface area (Å²) in [7, 11) is -3.02. The molecule has 2 heterocycles. The monoisotopic (exact) mass is 830 g/mol. The van der Waals surface area contributed by atoms with Gasteiger partial charge in [-0.15, -0.1) is 0 Å². The van der Waals surface area contributed by atoms with Gasteiger partial charge in [0.05, 0.1) is 0 Å². The SMILES string of the molecule is Cc1cccc(N(c2ccc([Si]3(c4ccc(N(c5cccc(C)c5)c5cccc(C)c5)cc4)c4ccccc4-c4c3ccc3c4Oc4ccccc4O3)cc2)c2cccc(C)c2)c1. The molecule has 2 aliphatic rings. The minimum atomic E-state index is -3.02. The molecule has 9 aromatic carbocycles. The zero-order chi connectivity index (χ0) is 42.7. The molecule has 0 fully saturated rings. The maximum absolute atomic E-state index is 6.86. The third-order valence-corrected chi connectivity index (χ3v) is 17.4. The molecular weight excluding hydrogens is 785 g/mol. The zero-order valence-corrected chi connectivity index (χ0v) is 36.8. The molecule has 0 aromatic heterocycles. The van der Waals surface area contributed by atoms with Gasteiger partial charge in [0.2, 0.25) is 0 Å². The Hall–Kier alpha value is -7.60. The summed E-state index contributed by atoms with van der Waals surface area (Å²) in [6.45, 7) is 8.63. The average Bonchev–Trinajstić information content (AvgIpc) is 3.61. The predicted molar refractivity (Wildman–Crippen MR) is 264 cm³/mol. The van der Waals surface area contributed by atoms with Crippen LogP contribution < -0.4 is 40.0 Å². The standard InChI is InChI=1S/C58H46N2O2Si/c1-39-13-9-17-45(35-39)59(46-18-10-14-40(2)36-46)43-25-29-49(30-26-43)63(50-31-27-44(28-32-50)60(47-19-11-15-41(3)37-47)48-20-12-16-42(4)38-48)55-24-8-5-21-51(55)57-56(63)34-33-54-58(57)62-53-23-7-6-22-52(53)61-54/h5-38H,1-4H3. The topological polar surface area (TPSA) is 24.9 Å². The Bertz CT molecular complexity index is 2960. The molecule has 0 bridgehead atoms. The lowest BCUT2D eigenvalue weighted by molar-refractivity contribution is 0.361. The number of hydrogen-bond donors (Lipinski definition) is 0. The van der Waals surface area contributed by atoms with E-state index in [2.05, 4.69) is 219 Å². The van der Waals surface area contributed by atoms with Crippen molar-refractivity contribution in [3.8, 4) is 34.1 Å². The van der Waals surface area contributed by atoms with Crippen LogP contribution in [-0.2, 0) is 0 Å². The summed E-state index contributed by atoms with van der Waals surface area (Å²) in [4.78, 5) is 4.74. The van der Waals surface area contributed by atoms with Gasteiger partial charge in [-0.3, -0.25) is 0 Å². The molecule has 0 amide bonds. The van der Waals surface area contributed by atoms with Crippen molar-refractivity contribution in [3.05, 3.63) is 229 Å². The fourth-order valence-electron chi connectivity index (χ4n) is 9.82. The summed E-state index contributed by atoms with van der Waals surface area (Å²) in [5.74, 6) is 2.96. The van der Waals surface area contributed by atoms with Gasteiger partial charge in [0.15, 0.2) is 31.1 Å². The quantitative estimate of drug-likeness (QED) is 0.142. The van der Waals surface area contributed by atoms with Gasteiger partial charge in [-0.2, -0.15) is 0 Å². The molecule has 2 aliphatic heterocycles. The summed E-state index contributed by atoms with van der Waals surface area (Å²) in [6.07, 6.45) is 0. The first kappa shape index (κ1) is 38.3. The summed E-state index contributed by atoms with van der Waals surface area (Å²) < 4.78 is 13.4. The number of rotatable bonds is 8. The van der Waals surface area contributed by atoms with Gasteiger partial charge < -0.3 is 19.3 Å². The third kappa shape index (κ3) is 6.52. The Balaban J connectivity index is 1.12. The molecule has 5 heteroatoms. The van der Waals surface area contributed by atoms with Crippen LogP contribution in [0.25, 0.3) is 11.1 Å². The van der Waals surface area contributed by atoms with Crippen LogP contribution in [0.2, 0.25) is 0 Å². The lowest BCUT2D eigenvalue weighted by Gasteiger charge is -2.33. The van der Waals surface area contributed by atoms with Crippen molar-refractivity contribution in [1.82, 2.24) is 0 Å². The van der Waals surface area contributed by atoms with E-state index >= 15 is 0 Å². The van der Waals surface area contributed by atoms with E-state index < -0.39 is 8.07 Å². The fourth-order valence-corrected chi connectivity index (χ4v) is 14.9. The highest BCUT2D eigenvalue weighted by Crippen LogP contribution is 2.51. The van der Waals surface area contributed by atoms with Crippen LogP contribution in [0.4, 0.5) is 34.1 Å². The van der Waals surface area contributed by atoms with Crippen molar-refractivity contribution >= 4 is 62.9 Å². The molecule has 11 rings (SSSR count). The van der Waals surface area contributed by atoms with E-state index in [1.54, 1.807) is 0 Å². The molecule has 4 nitrogen and oxygen atoms in total. The van der Waals surface area contributed by atoms with Crippen molar-refractivity contribution in [2.45, 2.75) is 27.7 Å². The maximum Gasteiger partial charge on any atom is 0.181 e. The molecule has 0 unspecified atom stereocenters. The normalized spacial score (nSPS) is 12.8. The Kier molecular flexibility index (Phi) is 9.36. The van der Waals surface area contributed by atoms with Gasteiger partial charge >= 0.3 is 0 Å². The van der Waals surface area contributed by atoms with Crippen LogP contribution in [0.1, 0.15) is 22.3 Å². The van der Waals surface area contributed by atoms with E-state index in [9.17, 15) is 0 Å². The Morgan fingerprint density at radius 1 is 0.333 bits per heavy atom. The minimum absolute atomic E-state index is 0.725.